The molecule has 0 bridgehead atoms. The average Bonchev–Trinajstić information content (AvgIpc) is 3.41. The second-order valence-corrected chi connectivity index (χ2v) is 9.56. The van der Waals surface area contributed by atoms with E-state index >= 15 is 0 Å². The summed E-state index contributed by atoms with van der Waals surface area (Å²) in [6, 6.07) is 20.2. The van der Waals surface area contributed by atoms with E-state index in [1.165, 1.54) is 0 Å². The summed E-state index contributed by atoms with van der Waals surface area (Å²) in [4.78, 5) is 13.8. The predicted molar refractivity (Wildman–Crippen MR) is 150 cm³/mol. The fraction of sp³-hybridized carbons (Fsp3) is 0.214. The monoisotopic (exact) mass is 590 g/mol. The number of allylic oxidation sites excluding steroid dienone is 1. The van der Waals surface area contributed by atoms with E-state index in [0.29, 0.717) is 57.8 Å². The van der Waals surface area contributed by atoms with Gasteiger partial charge in [-0.05, 0) is 75.6 Å². The Labute approximate surface area is 234 Å². The van der Waals surface area contributed by atoms with Crippen molar-refractivity contribution in [2.45, 2.75) is 26.5 Å². The number of amides is 1. The lowest BCUT2D eigenvalue weighted by Gasteiger charge is -2.29. The predicted octanol–water partition coefficient (Wildman–Crippen LogP) is 5.35. The first-order chi connectivity index (χ1) is 19.0. The number of para-hydroxylation sites is 2. The van der Waals surface area contributed by atoms with Gasteiger partial charge in [-0.2, -0.15) is 4.68 Å². The van der Waals surface area contributed by atoms with Gasteiger partial charge < -0.3 is 24.8 Å². The van der Waals surface area contributed by atoms with Crippen molar-refractivity contribution in [1.29, 1.82) is 0 Å². The molecule has 39 heavy (non-hydrogen) atoms. The maximum Gasteiger partial charge on any atom is 0.255 e. The number of nitrogens with one attached hydrogen (secondary N) is 2. The fourth-order valence-corrected chi connectivity index (χ4v) is 5.00. The minimum absolute atomic E-state index is 0.321. The topological polar surface area (TPSA) is 112 Å². The van der Waals surface area contributed by atoms with Gasteiger partial charge in [0.05, 0.1) is 29.4 Å². The number of nitrogens with zero attached hydrogens (tertiary/aromatic N) is 4. The van der Waals surface area contributed by atoms with Crippen molar-refractivity contribution in [1.82, 2.24) is 20.2 Å². The molecular weight excluding hydrogens is 564 g/mol. The van der Waals surface area contributed by atoms with Crippen molar-refractivity contribution in [2.24, 2.45) is 0 Å². The first kappa shape index (κ1) is 26.2. The third-order valence-corrected chi connectivity index (χ3v) is 6.78. The number of anilines is 2. The Kier molecular flexibility index (Phi) is 7.78. The summed E-state index contributed by atoms with van der Waals surface area (Å²) in [7, 11) is 1.57. The van der Waals surface area contributed by atoms with Crippen molar-refractivity contribution in [3.8, 4) is 17.2 Å². The minimum atomic E-state index is -0.649. The van der Waals surface area contributed by atoms with Crippen LogP contribution in [0.1, 0.15) is 31.0 Å². The number of fused-ring (bicyclic) bond motifs is 1. The van der Waals surface area contributed by atoms with E-state index in [-0.39, 0.29) is 5.91 Å². The number of methoxy groups -OCH3 is 1. The molecule has 11 heteroatoms. The van der Waals surface area contributed by atoms with Crippen LogP contribution in [-0.2, 0) is 11.4 Å². The average molecular weight is 591 g/mol. The molecule has 0 fully saturated rings. The molecule has 1 atom stereocenters. The zero-order chi connectivity index (χ0) is 27.4. The lowest BCUT2D eigenvalue weighted by Crippen LogP contribution is -2.31. The Balaban J connectivity index is 1.52. The van der Waals surface area contributed by atoms with Crippen LogP contribution in [0.3, 0.4) is 0 Å². The van der Waals surface area contributed by atoms with E-state index in [1.54, 1.807) is 17.9 Å². The lowest BCUT2D eigenvalue weighted by atomic mass is 9.94. The molecule has 1 unspecified atom stereocenters. The smallest absolute Gasteiger partial charge is 0.255 e. The van der Waals surface area contributed by atoms with Crippen molar-refractivity contribution in [3.05, 3.63) is 93.6 Å². The van der Waals surface area contributed by atoms with Gasteiger partial charge in [0.2, 0.25) is 5.95 Å². The fourth-order valence-electron chi connectivity index (χ4n) is 4.42. The van der Waals surface area contributed by atoms with Crippen LogP contribution in [0.25, 0.3) is 0 Å². The molecule has 200 valence electrons. The van der Waals surface area contributed by atoms with Gasteiger partial charge in [0.15, 0.2) is 11.5 Å². The number of carbonyl (C=O) groups is 1. The van der Waals surface area contributed by atoms with Crippen molar-refractivity contribution in [2.75, 3.05) is 24.4 Å². The van der Waals surface area contributed by atoms with Crippen LogP contribution >= 0.6 is 15.9 Å². The van der Waals surface area contributed by atoms with Crippen molar-refractivity contribution >= 4 is 33.5 Å². The summed E-state index contributed by atoms with van der Waals surface area (Å²) in [5.41, 5.74) is 3.37. The van der Waals surface area contributed by atoms with E-state index in [2.05, 4.69) is 42.1 Å². The molecular formula is C28H27BrN6O4. The maximum absolute atomic E-state index is 13.8. The summed E-state index contributed by atoms with van der Waals surface area (Å²) in [5, 5.41) is 18.2. The van der Waals surface area contributed by atoms with Gasteiger partial charge in [-0.3, -0.25) is 4.79 Å². The number of hydrogen-bond acceptors (Lipinski definition) is 8. The van der Waals surface area contributed by atoms with Gasteiger partial charge in [-0.25, -0.2) is 0 Å². The molecule has 10 nitrogen and oxygen atoms in total. The third-order valence-electron chi connectivity index (χ3n) is 6.19. The standard InChI is InChI=1S/C28H27BrN6O4/c1-4-38-22-13-9-8-12-21(22)31-27(36)24-17(2)30-28-32-33-34-35(28)25(24)19-14-20(29)26(23(15-19)37-3)39-16-18-10-6-5-7-11-18/h5-15,25H,4,16H2,1-3H3,(H,31,36)(H,30,32,34). The summed E-state index contributed by atoms with van der Waals surface area (Å²) in [6.07, 6.45) is 0. The number of carbonyl (C=O) groups excluding carboxylic acids is 1. The second kappa shape index (κ2) is 11.6. The van der Waals surface area contributed by atoms with E-state index in [4.69, 9.17) is 14.2 Å². The number of ether oxygens (including phenoxy) is 3. The van der Waals surface area contributed by atoms with Crippen LogP contribution in [0.5, 0.6) is 17.2 Å². The molecule has 0 aliphatic carbocycles. The summed E-state index contributed by atoms with van der Waals surface area (Å²) in [5.74, 6) is 1.73. The highest BCUT2D eigenvalue weighted by atomic mass is 79.9. The van der Waals surface area contributed by atoms with Crippen LogP contribution in [-0.4, -0.2) is 39.8 Å². The van der Waals surface area contributed by atoms with Gasteiger partial charge in [-0.15, -0.1) is 0 Å². The molecule has 4 aromatic rings. The first-order valence-corrected chi connectivity index (χ1v) is 13.1. The zero-order valence-corrected chi connectivity index (χ0v) is 23.2. The highest BCUT2D eigenvalue weighted by Crippen LogP contribution is 2.43. The van der Waals surface area contributed by atoms with E-state index in [1.807, 2.05) is 74.5 Å². The van der Waals surface area contributed by atoms with Crippen LogP contribution in [0.4, 0.5) is 11.6 Å². The first-order valence-electron chi connectivity index (χ1n) is 12.3. The molecule has 1 aliphatic heterocycles. The minimum Gasteiger partial charge on any atom is -0.493 e. The summed E-state index contributed by atoms with van der Waals surface area (Å²) in [6.45, 7) is 4.55. The summed E-state index contributed by atoms with van der Waals surface area (Å²) >= 11 is 3.65. The number of rotatable bonds is 9. The molecule has 2 N–H and O–H groups in total. The summed E-state index contributed by atoms with van der Waals surface area (Å²) < 4.78 is 19.8. The van der Waals surface area contributed by atoms with Crippen LogP contribution in [0.15, 0.2) is 82.5 Å². The van der Waals surface area contributed by atoms with E-state index < -0.39 is 6.04 Å². The number of aromatic nitrogens is 4. The Bertz CT molecular complexity index is 1520. The molecule has 5 rings (SSSR count). The molecule has 0 spiro atoms. The number of halogens is 1. The Morgan fingerprint density at radius 2 is 1.85 bits per heavy atom. The van der Waals surface area contributed by atoms with Gasteiger partial charge in [-0.1, -0.05) is 47.6 Å². The normalized spacial score (nSPS) is 14.3. The van der Waals surface area contributed by atoms with Crippen LogP contribution < -0.4 is 24.8 Å². The highest BCUT2D eigenvalue weighted by molar-refractivity contribution is 9.10. The molecule has 3 aromatic carbocycles. The Morgan fingerprint density at radius 1 is 1.08 bits per heavy atom. The molecule has 0 saturated heterocycles. The molecule has 1 aromatic heterocycles. The quantitative estimate of drug-likeness (QED) is 0.268. The Hall–Kier alpha value is -4.38. The van der Waals surface area contributed by atoms with Crippen molar-refractivity contribution < 1.29 is 19.0 Å². The lowest BCUT2D eigenvalue weighted by molar-refractivity contribution is -0.113. The van der Waals surface area contributed by atoms with Crippen molar-refractivity contribution in [3.63, 3.8) is 0 Å². The molecule has 2 heterocycles. The van der Waals surface area contributed by atoms with Gasteiger partial charge in [0.25, 0.3) is 5.91 Å². The van der Waals surface area contributed by atoms with E-state index in [0.717, 1.165) is 11.1 Å². The molecule has 0 radical (unpaired) electrons. The van der Waals surface area contributed by atoms with Gasteiger partial charge in [0.1, 0.15) is 18.4 Å². The Morgan fingerprint density at radius 3 is 2.62 bits per heavy atom. The molecule has 1 amide bonds. The number of benzene rings is 3. The van der Waals surface area contributed by atoms with E-state index in [9.17, 15) is 4.79 Å². The van der Waals surface area contributed by atoms with Crippen LogP contribution in [0, 0.1) is 0 Å². The largest absolute Gasteiger partial charge is 0.493 e. The van der Waals surface area contributed by atoms with Crippen LogP contribution in [0.2, 0.25) is 0 Å². The third kappa shape index (κ3) is 5.44. The SMILES string of the molecule is CCOc1ccccc1NC(=O)C1=C(C)Nc2nnnn2C1c1cc(Br)c(OCc2ccccc2)c(OC)c1. The number of tetrazole rings is 1. The van der Waals surface area contributed by atoms with Gasteiger partial charge in [0, 0.05) is 5.70 Å². The highest BCUT2D eigenvalue weighted by Gasteiger charge is 2.35. The zero-order valence-electron chi connectivity index (χ0n) is 21.6. The molecule has 0 saturated carbocycles. The number of hydrogen-bond donors (Lipinski definition) is 2. The van der Waals surface area contributed by atoms with Gasteiger partial charge >= 0.3 is 0 Å². The molecule has 1 aliphatic rings. The second-order valence-electron chi connectivity index (χ2n) is 8.70. The maximum atomic E-state index is 13.8.